The number of halogens is 1. The number of fused-ring (bicyclic) bond motifs is 1. The van der Waals surface area contributed by atoms with Crippen LogP contribution >= 0.6 is 15.9 Å². The summed E-state index contributed by atoms with van der Waals surface area (Å²) in [5.74, 6) is -0.0826. The summed E-state index contributed by atoms with van der Waals surface area (Å²) in [4.78, 5) is 25.1. The van der Waals surface area contributed by atoms with Crippen LogP contribution in [0.5, 0.6) is 5.75 Å². The first-order valence-corrected chi connectivity index (χ1v) is 11.6. The number of nitrogens with zero attached hydrogens (tertiary/aromatic N) is 2. The average molecular weight is 521 g/mol. The van der Waals surface area contributed by atoms with Gasteiger partial charge >= 0.3 is 5.97 Å². The van der Waals surface area contributed by atoms with Crippen LogP contribution in [0.3, 0.4) is 0 Å². The molecule has 0 fully saturated rings. The second-order valence-electron chi connectivity index (χ2n) is 7.89. The predicted molar refractivity (Wildman–Crippen MR) is 129 cm³/mol. The topological polar surface area (TPSA) is 77.4 Å². The molecular weight excluding hydrogens is 500 g/mol. The number of ether oxygens (including phenoxy) is 3. The Balaban J connectivity index is 1.33. The molecule has 0 spiro atoms. The minimum Gasteiger partial charge on any atom is -0.460 e. The van der Waals surface area contributed by atoms with Gasteiger partial charge in [0.1, 0.15) is 18.1 Å². The molecular formula is C26H21BrN2O5. The first-order valence-electron chi connectivity index (χ1n) is 10.9. The smallest absolute Gasteiger partial charge is 0.354 e. The second kappa shape index (κ2) is 9.79. The number of benzene rings is 3. The first-order chi connectivity index (χ1) is 16.6. The highest BCUT2D eigenvalue weighted by Crippen LogP contribution is 2.38. The number of hydrazone groups is 1. The molecule has 34 heavy (non-hydrogen) atoms. The fraction of sp³-hybridized carbons (Fsp3) is 0.192. The molecule has 0 N–H and O–H groups in total. The predicted octanol–water partition coefficient (Wildman–Crippen LogP) is 5.28. The standard InChI is InChI=1S/C26H21BrN2O5/c27-20-13-18(24-19(14-20)16-33-26(34-24)17-7-3-1-4-8-17)15-32-25(31)22-11-12-23(30)29(28-22)21-9-5-2-6-10-21/h1-10,13-14,26H,11-12,15-16H2. The fourth-order valence-electron chi connectivity index (χ4n) is 3.86. The van der Waals surface area contributed by atoms with Gasteiger partial charge in [-0.15, -0.1) is 0 Å². The monoisotopic (exact) mass is 520 g/mol. The van der Waals surface area contributed by atoms with Crippen molar-refractivity contribution in [2.45, 2.75) is 32.3 Å². The highest BCUT2D eigenvalue weighted by molar-refractivity contribution is 9.10. The molecule has 0 aliphatic carbocycles. The lowest BCUT2D eigenvalue weighted by atomic mass is 10.1. The van der Waals surface area contributed by atoms with Crippen LogP contribution < -0.4 is 9.75 Å². The molecule has 172 valence electrons. The lowest BCUT2D eigenvalue weighted by Gasteiger charge is -2.28. The molecule has 0 radical (unpaired) electrons. The van der Waals surface area contributed by atoms with Crippen molar-refractivity contribution in [2.24, 2.45) is 5.10 Å². The van der Waals surface area contributed by atoms with E-state index in [2.05, 4.69) is 21.0 Å². The lowest BCUT2D eigenvalue weighted by Crippen LogP contribution is -2.34. The van der Waals surface area contributed by atoms with E-state index in [-0.39, 0.29) is 31.1 Å². The molecule has 8 heteroatoms. The highest BCUT2D eigenvalue weighted by Gasteiger charge is 2.28. The summed E-state index contributed by atoms with van der Waals surface area (Å²) in [6.45, 7) is 0.372. The summed E-state index contributed by atoms with van der Waals surface area (Å²) in [5, 5.41) is 5.52. The van der Waals surface area contributed by atoms with Crippen molar-refractivity contribution in [3.8, 4) is 5.75 Å². The molecule has 1 atom stereocenters. The van der Waals surface area contributed by atoms with Gasteiger partial charge in [-0.1, -0.05) is 64.5 Å². The zero-order valence-corrected chi connectivity index (χ0v) is 19.7. The quantitative estimate of drug-likeness (QED) is 0.427. The van der Waals surface area contributed by atoms with E-state index in [1.54, 1.807) is 12.1 Å². The van der Waals surface area contributed by atoms with Crippen molar-refractivity contribution in [3.63, 3.8) is 0 Å². The van der Waals surface area contributed by atoms with Crippen molar-refractivity contribution >= 4 is 39.2 Å². The number of carbonyl (C=O) groups excluding carboxylic acids is 2. The zero-order chi connectivity index (χ0) is 23.5. The van der Waals surface area contributed by atoms with Crippen molar-refractivity contribution in [2.75, 3.05) is 5.01 Å². The minimum absolute atomic E-state index is 0.000416. The van der Waals surface area contributed by atoms with Crippen LogP contribution in [0, 0.1) is 0 Å². The minimum atomic E-state index is -0.561. The van der Waals surface area contributed by atoms with Crippen LogP contribution in [-0.2, 0) is 32.3 Å². The van der Waals surface area contributed by atoms with Gasteiger partial charge < -0.3 is 14.2 Å². The van der Waals surface area contributed by atoms with E-state index in [1.807, 2.05) is 60.7 Å². The number of anilines is 1. The van der Waals surface area contributed by atoms with Gasteiger partial charge in [0.2, 0.25) is 12.2 Å². The Kier molecular flexibility index (Phi) is 6.42. The number of esters is 1. The number of rotatable bonds is 5. The second-order valence-corrected chi connectivity index (χ2v) is 8.80. The third-order valence-corrected chi connectivity index (χ3v) is 5.98. The van der Waals surface area contributed by atoms with Gasteiger partial charge in [0.15, 0.2) is 0 Å². The van der Waals surface area contributed by atoms with Gasteiger partial charge in [-0.2, -0.15) is 5.10 Å². The Hall–Kier alpha value is -3.49. The maximum atomic E-state index is 12.8. The molecule has 2 aliphatic rings. The molecule has 5 rings (SSSR count). The van der Waals surface area contributed by atoms with Crippen LogP contribution in [0.15, 0.2) is 82.4 Å². The van der Waals surface area contributed by atoms with Crippen molar-refractivity contribution in [3.05, 3.63) is 94.0 Å². The number of para-hydroxylation sites is 1. The van der Waals surface area contributed by atoms with Crippen molar-refractivity contribution < 1.29 is 23.8 Å². The Bertz CT molecular complexity index is 1250. The molecule has 2 heterocycles. The molecule has 2 aliphatic heterocycles. The molecule has 3 aromatic carbocycles. The highest BCUT2D eigenvalue weighted by atomic mass is 79.9. The number of hydrogen-bond acceptors (Lipinski definition) is 6. The molecule has 0 aromatic heterocycles. The molecule has 1 unspecified atom stereocenters. The number of hydrogen-bond donors (Lipinski definition) is 0. The van der Waals surface area contributed by atoms with Crippen LogP contribution in [-0.4, -0.2) is 17.6 Å². The summed E-state index contributed by atoms with van der Waals surface area (Å²) < 4.78 is 18.5. The van der Waals surface area contributed by atoms with E-state index >= 15 is 0 Å². The van der Waals surface area contributed by atoms with Crippen LogP contribution in [0.4, 0.5) is 5.69 Å². The Morgan fingerprint density at radius 3 is 2.56 bits per heavy atom. The Morgan fingerprint density at radius 2 is 1.79 bits per heavy atom. The fourth-order valence-corrected chi connectivity index (χ4v) is 4.41. The van der Waals surface area contributed by atoms with E-state index in [0.717, 1.165) is 15.6 Å². The zero-order valence-electron chi connectivity index (χ0n) is 18.1. The summed E-state index contributed by atoms with van der Waals surface area (Å²) in [7, 11) is 0. The third kappa shape index (κ3) is 4.73. The Morgan fingerprint density at radius 1 is 1.06 bits per heavy atom. The van der Waals surface area contributed by atoms with Gasteiger partial charge in [0.25, 0.3) is 0 Å². The maximum Gasteiger partial charge on any atom is 0.354 e. The normalized spacial score (nSPS) is 17.4. The van der Waals surface area contributed by atoms with E-state index in [1.165, 1.54) is 5.01 Å². The van der Waals surface area contributed by atoms with E-state index < -0.39 is 12.3 Å². The molecule has 0 bridgehead atoms. The molecule has 7 nitrogen and oxygen atoms in total. The summed E-state index contributed by atoms with van der Waals surface area (Å²) in [6.07, 6.45) is -0.121. The SMILES string of the molecule is O=C(OCc1cc(Br)cc2c1OC(c1ccccc1)OC2)C1=NN(c2ccccc2)C(=O)CC1. The van der Waals surface area contributed by atoms with Crippen LogP contribution in [0.1, 0.15) is 35.8 Å². The van der Waals surface area contributed by atoms with Crippen LogP contribution in [0.2, 0.25) is 0 Å². The van der Waals surface area contributed by atoms with Crippen molar-refractivity contribution in [1.82, 2.24) is 0 Å². The van der Waals surface area contributed by atoms with Crippen molar-refractivity contribution in [1.29, 1.82) is 0 Å². The van der Waals surface area contributed by atoms with Gasteiger partial charge in [-0.3, -0.25) is 4.79 Å². The number of carbonyl (C=O) groups is 2. The Labute approximate surface area is 205 Å². The van der Waals surface area contributed by atoms with Gasteiger partial charge in [-0.25, -0.2) is 9.80 Å². The third-order valence-electron chi connectivity index (χ3n) is 5.52. The van der Waals surface area contributed by atoms with Gasteiger partial charge in [0, 0.05) is 34.0 Å². The molecule has 3 aromatic rings. The summed E-state index contributed by atoms with van der Waals surface area (Å²) in [6, 6.07) is 22.5. The summed E-state index contributed by atoms with van der Waals surface area (Å²) >= 11 is 3.51. The van der Waals surface area contributed by atoms with E-state index in [0.29, 0.717) is 23.6 Å². The lowest BCUT2D eigenvalue weighted by molar-refractivity contribution is -0.137. The average Bonchev–Trinajstić information content (AvgIpc) is 2.88. The van der Waals surface area contributed by atoms with E-state index in [9.17, 15) is 9.59 Å². The van der Waals surface area contributed by atoms with Crippen LogP contribution in [0.25, 0.3) is 0 Å². The largest absolute Gasteiger partial charge is 0.460 e. The maximum absolute atomic E-state index is 12.8. The molecule has 0 saturated heterocycles. The van der Waals surface area contributed by atoms with Gasteiger partial charge in [-0.05, 0) is 24.3 Å². The molecule has 0 saturated carbocycles. The van der Waals surface area contributed by atoms with E-state index in [4.69, 9.17) is 14.2 Å². The first kappa shape index (κ1) is 22.3. The van der Waals surface area contributed by atoms with Gasteiger partial charge in [0.05, 0.1) is 12.3 Å². The molecule has 1 amide bonds. The summed E-state index contributed by atoms with van der Waals surface area (Å²) in [5.41, 5.74) is 3.30. The number of amides is 1.